The quantitative estimate of drug-likeness (QED) is 0.689. The van der Waals surface area contributed by atoms with E-state index in [0.29, 0.717) is 19.6 Å². The number of amides is 1. The van der Waals surface area contributed by atoms with Crippen LogP contribution in [0.25, 0.3) is 0 Å². The molecule has 0 radical (unpaired) electrons. The Bertz CT molecular complexity index is 933. The highest BCUT2D eigenvalue weighted by Crippen LogP contribution is 2.24. The van der Waals surface area contributed by atoms with Crippen LogP contribution in [-0.2, 0) is 24.8 Å². The van der Waals surface area contributed by atoms with E-state index >= 15 is 0 Å². The van der Waals surface area contributed by atoms with Crippen LogP contribution in [0, 0.1) is 6.92 Å². The Hall–Kier alpha value is -2.92. The fourth-order valence-corrected chi connectivity index (χ4v) is 3.79. The summed E-state index contributed by atoms with van der Waals surface area (Å²) in [5, 5.41) is 0. The third-order valence-electron chi connectivity index (χ3n) is 5.47. The van der Waals surface area contributed by atoms with Crippen LogP contribution in [0.3, 0.4) is 0 Å². The number of imidazole rings is 1. The second-order valence-electron chi connectivity index (χ2n) is 7.54. The zero-order chi connectivity index (χ0) is 19.5. The Kier molecular flexibility index (Phi) is 5.26. The average Bonchev–Trinajstić information content (AvgIpc) is 3.10. The second kappa shape index (κ2) is 7.98. The third-order valence-corrected chi connectivity index (χ3v) is 5.47. The maximum absolute atomic E-state index is 13.0. The van der Waals surface area contributed by atoms with Crippen LogP contribution in [0.4, 0.5) is 5.69 Å². The van der Waals surface area contributed by atoms with Gasteiger partial charge in [0.25, 0.3) is 0 Å². The van der Waals surface area contributed by atoms with Crippen LogP contribution < -0.4 is 4.90 Å². The lowest BCUT2D eigenvalue weighted by Crippen LogP contribution is -2.56. The molecule has 0 N–H and O–H groups in total. The molecule has 0 saturated carbocycles. The minimum absolute atomic E-state index is 0.141. The molecule has 0 aliphatic carbocycles. The summed E-state index contributed by atoms with van der Waals surface area (Å²) in [7, 11) is 2.00. The van der Waals surface area contributed by atoms with Crippen LogP contribution in [0.2, 0.25) is 0 Å². The molecule has 2 heterocycles. The van der Waals surface area contributed by atoms with Crippen LogP contribution >= 0.6 is 0 Å². The summed E-state index contributed by atoms with van der Waals surface area (Å²) >= 11 is 0. The minimum atomic E-state index is 0.141. The van der Waals surface area contributed by atoms with Crippen LogP contribution in [0.5, 0.6) is 0 Å². The Morgan fingerprint density at radius 2 is 1.82 bits per heavy atom. The van der Waals surface area contributed by atoms with Crippen LogP contribution in [0.15, 0.2) is 67.0 Å². The number of nitrogens with zero attached hydrogens (tertiary/aromatic N) is 4. The van der Waals surface area contributed by atoms with Crippen molar-refractivity contribution in [3.05, 3.63) is 83.9 Å². The molecule has 0 spiro atoms. The molecule has 5 heteroatoms. The smallest absolute Gasteiger partial charge is 0.241 e. The molecular weight excluding hydrogens is 348 g/mol. The molecule has 4 rings (SSSR count). The maximum Gasteiger partial charge on any atom is 0.241 e. The van der Waals surface area contributed by atoms with Gasteiger partial charge in [-0.05, 0) is 31.0 Å². The van der Waals surface area contributed by atoms with E-state index in [1.807, 2.05) is 47.1 Å². The Balaban J connectivity index is 1.59. The molecule has 144 valence electrons. The van der Waals surface area contributed by atoms with Crippen LogP contribution in [0.1, 0.15) is 17.0 Å². The maximum atomic E-state index is 13.0. The standard InChI is InChI=1S/C23H26N4O/c1-18-8-10-20(11-9-18)27-15-21(14-19-6-4-3-5-7-19)26(17-23(27)28)16-22-24-12-13-25(22)2/h3-13,21H,14-17H2,1-2H3/t21-/m0/s1. The number of hydrogen-bond acceptors (Lipinski definition) is 3. The first-order valence-electron chi connectivity index (χ1n) is 9.71. The predicted molar refractivity (Wildman–Crippen MR) is 111 cm³/mol. The molecule has 1 fully saturated rings. The number of aryl methyl sites for hydroxylation is 2. The van der Waals surface area contributed by atoms with Gasteiger partial charge in [-0.2, -0.15) is 0 Å². The minimum Gasteiger partial charge on any atom is -0.337 e. The van der Waals surface area contributed by atoms with Crippen molar-refractivity contribution < 1.29 is 4.79 Å². The van der Waals surface area contributed by atoms with Gasteiger partial charge in [0, 0.05) is 37.7 Å². The van der Waals surface area contributed by atoms with Crippen molar-refractivity contribution in [3.8, 4) is 0 Å². The van der Waals surface area contributed by atoms with E-state index < -0.39 is 0 Å². The van der Waals surface area contributed by atoms with Crippen molar-refractivity contribution in [1.29, 1.82) is 0 Å². The highest BCUT2D eigenvalue weighted by Gasteiger charge is 2.33. The number of piperazine rings is 1. The highest BCUT2D eigenvalue weighted by molar-refractivity contribution is 5.95. The number of rotatable bonds is 5. The predicted octanol–water partition coefficient (Wildman–Crippen LogP) is 3.19. The monoisotopic (exact) mass is 374 g/mol. The van der Waals surface area contributed by atoms with Gasteiger partial charge in [0.05, 0.1) is 13.1 Å². The average molecular weight is 374 g/mol. The molecule has 1 aliphatic rings. The van der Waals surface area contributed by atoms with Crippen molar-refractivity contribution in [2.75, 3.05) is 18.0 Å². The molecule has 0 unspecified atom stereocenters. The summed E-state index contributed by atoms with van der Waals surface area (Å²) in [5.41, 5.74) is 3.46. The van der Waals surface area contributed by atoms with E-state index in [9.17, 15) is 4.79 Å². The molecular formula is C23H26N4O. The lowest BCUT2D eigenvalue weighted by Gasteiger charge is -2.41. The first kappa shape index (κ1) is 18.4. The Morgan fingerprint density at radius 1 is 1.07 bits per heavy atom. The van der Waals surface area contributed by atoms with Crippen molar-refractivity contribution in [3.63, 3.8) is 0 Å². The fraction of sp³-hybridized carbons (Fsp3) is 0.304. The van der Waals surface area contributed by atoms with Gasteiger partial charge in [-0.3, -0.25) is 9.69 Å². The molecule has 3 aromatic rings. The van der Waals surface area contributed by atoms with Gasteiger partial charge >= 0.3 is 0 Å². The zero-order valence-electron chi connectivity index (χ0n) is 16.5. The first-order valence-corrected chi connectivity index (χ1v) is 9.71. The summed E-state index contributed by atoms with van der Waals surface area (Å²) in [6.07, 6.45) is 4.67. The Labute approximate surface area is 166 Å². The van der Waals surface area contributed by atoms with E-state index in [2.05, 4.69) is 53.2 Å². The van der Waals surface area contributed by atoms with Gasteiger partial charge in [-0.25, -0.2) is 4.98 Å². The van der Waals surface area contributed by atoms with Gasteiger partial charge in [-0.1, -0.05) is 48.0 Å². The van der Waals surface area contributed by atoms with Crippen molar-refractivity contribution in [2.24, 2.45) is 7.05 Å². The topological polar surface area (TPSA) is 41.4 Å². The Morgan fingerprint density at radius 3 is 2.50 bits per heavy atom. The molecule has 1 atom stereocenters. The number of aromatic nitrogens is 2. The molecule has 1 saturated heterocycles. The van der Waals surface area contributed by atoms with Gasteiger partial charge in [0.15, 0.2) is 0 Å². The van der Waals surface area contributed by atoms with E-state index in [-0.39, 0.29) is 11.9 Å². The molecule has 1 amide bonds. The van der Waals surface area contributed by atoms with E-state index in [1.54, 1.807) is 0 Å². The van der Waals surface area contributed by atoms with Crippen molar-refractivity contribution >= 4 is 11.6 Å². The van der Waals surface area contributed by atoms with E-state index in [0.717, 1.165) is 17.9 Å². The lowest BCUT2D eigenvalue weighted by atomic mass is 10.0. The summed E-state index contributed by atoms with van der Waals surface area (Å²) in [4.78, 5) is 21.6. The van der Waals surface area contributed by atoms with Crippen LogP contribution in [-0.4, -0.2) is 39.5 Å². The van der Waals surface area contributed by atoms with Gasteiger partial charge in [0.1, 0.15) is 5.82 Å². The SMILES string of the molecule is Cc1ccc(N2C[C@H](Cc3ccccc3)N(Cc3nccn3C)CC2=O)cc1. The van der Waals surface area contributed by atoms with Gasteiger partial charge in [0.2, 0.25) is 5.91 Å². The van der Waals surface area contributed by atoms with E-state index in [4.69, 9.17) is 0 Å². The van der Waals surface area contributed by atoms with E-state index in [1.165, 1.54) is 11.1 Å². The number of carbonyl (C=O) groups is 1. The summed E-state index contributed by atoms with van der Waals surface area (Å²) < 4.78 is 2.02. The summed E-state index contributed by atoms with van der Waals surface area (Å²) in [6, 6.07) is 19.0. The highest BCUT2D eigenvalue weighted by atomic mass is 16.2. The largest absolute Gasteiger partial charge is 0.337 e. The molecule has 1 aromatic heterocycles. The number of hydrogen-bond donors (Lipinski definition) is 0. The third kappa shape index (κ3) is 3.99. The van der Waals surface area contributed by atoms with Crippen molar-refractivity contribution in [1.82, 2.24) is 14.5 Å². The molecule has 1 aliphatic heterocycles. The van der Waals surface area contributed by atoms with Gasteiger partial charge in [-0.15, -0.1) is 0 Å². The van der Waals surface area contributed by atoms with Crippen molar-refractivity contribution in [2.45, 2.75) is 25.9 Å². The number of carbonyl (C=O) groups excluding carboxylic acids is 1. The normalized spacial score (nSPS) is 17.9. The summed E-state index contributed by atoms with van der Waals surface area (Å²) in [5.74, 6) is 1.12. The number of benzene rings is 2. The molecule has 5 nitrogen and oxygen atoms in total. The fourth-order valence-electron chi connectivity index (χ4n) is 3.79. The zero-order valence-corrected chi connectivity index (χ0v) is 16.5. The molecule has 2 aromatic carbocycles. The lowest BCUT2D eigenvalue weighted by molar-refractivity contribution is -0.122. The van der Waals surface area contributed by atoms with Gasteiger partial charge < -0.3 is 9.47 Å². The number of anilines is 1. The second-order valence-corrected chi connectivity index (χ2v) is 7.54. The first-order chi connectivity index (χ1) is 13.6. The summed E-state index contributed by atoms with van der Waals surface area (Å²) in [6.45, 7) is 3.82. The molecule has 0 bridgehead atoms. The molecule has 28 heavy (non-hydrogen) atoms.